The van der Waals surface area contributed by atoms with E-state index in [-0.39, 0.29) is 30.1 Å². The highest BCUT2D eigenvalue weighted by Crippen LogP contribution is 2.29. The Morgan fingerprint density at radius 1 is 0.909 bits per heavy atom. The second kappa shape index (κ2) is 9.94. The van der Waals surface area contributed by atoms with Gasteiger partial charge in [-0.15, -0.1) is 0 Å². The number of carbonyl (C=O) groups excluding carboxylic acids is 3. The summed E-state index contributed by atoms with van der Waals surface area (Å²) in [4.78, 5) is 44.2. The van der Waals surface area contributed by atoms with Crippen molar-refractivity contribution in [2.45, 2.75) is 12.8 Å². The van der Waals surface area contributed by atoms with Crippen LogP contribution in [-0.2, 0) is 9.59 Å². The average molecular weight is 452 g/mol. The van der Waals surface area contributed by atoms with E-state index in [1.54, 1.807) is 47.1 Å². The third kappa shape index (κ3) is 4.79. The van der Waals surface area contributed by atoms with E-state index in [4.69, 9.17) is 9.47 Å². The van der Waals surface area contributed by atoms with E-state index in [0.29, 0.717) is 56.2 Å². The third-order valence-electron chi connectivity index (χ3n) is 6.27. The second-order valence-corrected chi connectivity index (χ2v) is 8.28. The van der Waals surface area contributed by atoms with Gasteiger partial charge in [0.2, 0.25) is 11.8 Å². The Hall–Kier alpha value is -3.55. The van der Waals surface area contributed by atoms with E-state index in [1.807, 2.05) is 30.3 Å². The van der Waals surface area contributed by atoms with Crippen LogP contribution in [0.4, 0.5) is 5.69 Å². The van der Waals surface area contributed by atoms with Crippen LogP contribution in [0.3, 0.4) is 0 Å². The lowest BCUT2D eigenvalue weighted by Gasteiger charge is -2.25. The molecule has 0 radical (unpaired) electrons. The van der Waals surface area contributed by atoms with Gasteiger partial charge in [0.1, 0.15) is 11.5 Å². The van der Waals surface area contributed by atoms with Crippen molar-refractivity contribution in [1.82, 2.24) is 9.80 Å². The fourth-order valence-corrected chi connectivity index (χ4v) is 4.49. The normalized spacial score (nSPS) is 18.8. The molecule has 0 aliphatic carbocycles. The number of hydrogen-bond donors (Lipinski definition) is 0. The number of carbonyl (C=O) groups is 3. The van der Waals surface area contributed by atoms with Crippen molar-refractivity contribution < 1.29 is 23.9 Å². The molecule has 33 heavy (non-hydrogen) atoms. The second-order valence-electron chi connectivity index (χ2n) is 8.28. The van der Waals surface area contributed by atoms with E-state index in [2.05, 4.69) is 0 Å². The van der Waals surface area contributed by atoms with Gasteiger partial charge in [-0.25, -0.2) is 0 Å². The largest absolute Gasteiger partial charge is 0.497 e. The molecule has 3 amide bonds. The summed E-state index contributed by atoms with van der Waals surface area (Å²) in [6.45, 7) is 2.39. The molecule has 2 heterocycles. The summed E-state index contributed by atoms with van der Waals surface area (Å²) < 4.78 is 10.6. The van der Waals surface area contributed by atoms with Crippen LogP contribution >= 0.6 is 0 Å². The Morgan fingerprint density at radius 2 is 1.67 bits per heavy atom. The van der Waals surface area contributed by atoms with Crippen molar-refractivity contribution >= 4 is 23.4 Å². The highest BCUT2D eigenvalue weighted by molar-refractivity contribution is 6.00. The first-order chi connectivity index (χ1) is 16.0. The van der Waals surface area contributed by atoms with Gasteiger partial charge in [-0.2, -0.15) is 0 Å². The lowest BCUT2D eigenvalue weighted by molar-refractivity contribution is -0.135. The molecule has 8 nitrogen and oxygen atoms in total. The molecule has 0 saturated carbocycles. The molecular weight excluding hydrogens is 422 g/mol. The van der Waals surface area contributed by atoms with Gasteiger partial charge in [-0.1, -0.05) is 18.2 Å². The Kier molecular flexibility index (Phi) is 6.82. The molecule has 1 atom stereocenters. The van der Waals surface area contributed by atoms with E-state index in [1.165, 1.54) is 0 Å². The summed E-state index contributed by atoms with van der Waals surface area (Å²) in [5.74, 6) is 0.635. The third-order valence-corrected chi connectivity index (χ3v) is 6.27. The van der Waals surface area contributed by atoms with Crippen molar-refractivity contribution in [1.29, 1.82) is 0 Å². The maximum atomic E-state index is 13.2. The number of amides is 3. The first-order valence-electron chi connectivity index (χ1n) is 11.2. The van der Waals surface area contributed by atoms with Gasteiger partial charge in [0.05, 0.1) is 25.7 Å². The molecule has 0 spiro atoms. The summed E-state index contributed by atoms with van der Waals surface area (Å²) in [5, 5.41) is 0. The molecular formula is C25H29N3O5. The number of hydrogen-bond acceptors (Lipinski definition) is 5. The van der Waals surface area contributed by atoms with Crippen molar-refractivity contribution in [3.63, 3.8) is 0 Å². The van der Waals surface area contributed by atoms with Gasteiger partial charge in [-0.05, 0) is 30.7 Å². The SMILES string of the molecule is COc1cccc(N2CC(C(=O)N3CCCN(C(=O)c4ccccc4OC)CC3)CC2=O)c1. The van der Waals surface area contributed by atoms with Crippen molar-refractivity contribution in [2.75, 3.05) is 51.8 Å². The quantitative estimate of drug-likeness (QED) is 0.698. The molecule has 0 bridgehead atoms. The number of rotatable bonds is 5. The Balaban J connectivity index is 1.39. The van der Waals surface area contributed by atoms with Gasteiger partial charge in [0.15, 0.2) is 0 Å². The number of nitrogens with zero attached hydrogens (tertiary/aromatic N) is 3. The van der Waals surface area contributed by atoms with E-state index in [9.17, 15) is 14.4 Å². The molecule has 8 heteroatoms. The van der Waals surface area contributed by atoms with Crippen molar-refractivity contribution in [3.8, 4) is 11.5 Å². The monoisotopic (exact) mass is 451 g/mol. The van der Waals surface area contributed by atoms with E-state index in [0.717, 1.165) is 5.69 Å². The Labute approximate surface area is 193 Å². The number of para-hydroxylation sites is 1. The molecule has 0 aromatic heterocycles. The minimum absolute atomic E-state index is 0.0275. The zero-order valence-electron chi connectivity index (χ0n) is 19.0. The predicted octanol–water partition coefficient (Wildman–Crippen LogP) is 2.43. The van der Waals surface area contributed by atoms with Gasteiger partial charge in [0.25, 0.3) is 5.91 Å². The Bertz CT molecular complexity index is 1040. The molecule has 4 rings (SSSR count). The fraction of sp³-hybridized carbons (Fsp3) is 0.400. The number of benzene rings is 2. The number of ether oxygens (including phenoxy) is 2. The van der Waals surface area contributed by atoms with Gasteiger partial charge >= 0.3 is 0 Å². The summed E-state index contributed by atoms with van der Waals surface area (Å²) in [6, 6.07) is 14.5. The van der Waals surface area contributed by atoms with Crippen molar-refractivity contribution in [2.24, 2.45) is 5.92 Å². The van der Waals surface area contributed by atoms with Gasteiger partial charge < -0.3 is 24.2 Å². The maximum absolute atomic E-state index is 13.2. The van der Waals surface area contributed by atoms with Crippen LogP contribution in [-0.4, -0.2) is 74.5 Å². The molecule has 1 unspecified atom stereocenters. The van der Waals surface area contributed by atoms with Gasteiger partial charge in [0, 0.05) is 50.9 Å². The first kappa shape index (κ1) is 22.6. The molecule has 2 aromatic rings. The molecule has 2 aliphatic rings. The minimum Gasteiger partial charge on any atom is -0.497 e. The zero-order chi connectivity index (χ0) is 23.4. The lowest BCUT2D eigenvalue weighted by atomic mass is 10.1. The van der Waals surface area contributed by atoms with Crippen LogP contribution < -0.4 is 14.4 Å². The summed E-state index contributed by atoms with van der Waals surface area (Å²) in [5.41, 5.74) is 1.26. The van der Waals surface area contributed by atoms with Crippen LogP contribution in [0.5, 0.6) is 11.5 Å². The lowest BCUT2D eigenvalue weighted by Crippen LogP contribution is -2.40. The molecule has 2 aromatic carbocycles. The highest BCUT2D eigenvalue weighted by atomic mass is 16.5. The molecule has 2 saturated heterocycles. The molecule has 2 fully saturated rings. The Morgan fingerprint density at radius 3 is 2.45 bits per heavy atom. The average Bonchev–Trinajstić information content (AvgIpc) is 3.08. The summed E-state index contributed by atoms with van der Waals surface area (Å²) >= 11 is 0. The van der Waals surface area contributed by atoms with Crippen LogP contribution in [0.25, 0.3) is 0 Å². The smallest absolute Gasteiger partial charge is 0.257 e. The van der Waals surface area contributed by atoms with Crippen LogP contribution in [0, 0.1) is 5.92 Å². The van der Waals surface area contributed by atoms with E-state index >= 15 is 0 Å². The maximum Gasteiger partial charge on any atom is 0.257 e. The number of methoxy groups -OCH3 is 2. The minimum atomic E-state index is -0.389. The van der Waals surface area contributed by atoms with Crippen LogP contribution in [0.15, 0.2) is 48.5 Å². The van der Waals surface area contributed by atoms with Crippen molar-refractivity contribution in [3.05, 3.63) is 54.1 Å². The van der Waals surface area contributed by atoms with Crippen LogP contribution in [0.1, 0.15) is 23.2 Å². The molecule has 174 valence electrons. The van der Waals surface area contributed by atoms with E-state index < -0.39 is 0 Å². The topological polar surface area (TPSA) is 79.4 Å². The fourth-order valence-electron chi connectivity index (χ4n) is 4.49. The molecule has 2 aliphatic heterocycles. The standard InChI is InChI=1S/C25H29N3O5/c1-32-20-8-5-7-19(16-20)28-17-18(15-23(28)29)24(30)26-11-6-12-27(14-13-26)25(31)21-9-3-4-10-22(21)33-2/h3-5,7-10,16,18H,6,11-15,17H2,1-2H3. The number of anilines is 1. The first-order valence-corrected chi connectivity index (χ1v) is 11.2. The summed E-state index contributed by atoms with van der Waals surface area (Å²) in [6.07, 6.45) is 0.878. The van der Waals surface area contributed by atoms with Gasteiger partial charge in [-0.3, -0.25) is 14.4 Å². The summed E-state index contributed by atoms with van der Waals surface area (Å²) in [7, 11) is 3.13. The molecule has 0 N–H and O–H groups in total. The van der Waals surface area contributed by atoms with Crippen LogP contribution in [0.2, 0.25) is 0 Å². The zero-order valence-corrected chi connectivity index (χ0v) is 19.0. The predicted molar refractivity (Wildman–Crippen MR) is 124 cm³/mol. The highest BCUT2D eigenvalue weighted by Gasteiger charge is 2.38.